The van der Waals surface area contributed by atoms with Gasteiger partial charge in [0.25, 0.3) is 0 Å². The minimum absolute atomic E-state index is 0.0663. The predicted molar refractivity (Wildman–Crippen MR) is 91.7 cm³/mol. The van der Waals surface area contributed by atoms with Gasteiger partial charge < -0.3 is 19.6 Å². The lowest BCUT2D eigenvalue weighted by molar-refractivity contribution is 0.413. The van der Waals surface area contributed by atoms with Gasteiger partial charge in [0, 0.05) is 34.3 Å². The maximum atomic E-state index is 10.2. The Labute approximate surface area is 135 Å². The summed E-state index contributed by atoms with van der Waals surface area (Å²) in [6.45, 7) is 0. The number of nitrogens with zero attached hydrogens (tertiary/aromatic N) is 5. The molecule has 7 nitrogen and oxygen atoms in total. The molecular weight excluding hydrogens is 294 g/mol. The van der Waals surface area contributed by atoms with E-state index in [0.717, 1.165) is 11.4 Å². The predicted octanol–water partition coefficient (Wildman–Crippen LogP) is 3.34. The molecule has 0 atom stereocenters. The van der Waals surface area contributed by atoms with E-state index in [1.807, 2.05) is 38.0 Å². The molecule has 0 radical (unpaired) electrons. The standard InChI is InChI=1S/C16H21N5O2/c1-20(2)13-8-12(15(22)9-14(13)21(3)4)18-19-16-7-6-11(23-5)10-17-16/h6-10,22H,1-5H3. The molecule has 0 bridgehead atoms. The van der Waals surface area contributed by atoms with Gasteiger partial charge in [0.1, 0.15) is 17.2 Å². The number of azo groups is 1. The van der Waals surface area contributed by atoms with Crippen molar-refractivity contribution in [3.8, 4) is 11.5 Å². The summed E-state index contributed by atoms with van der Waals surface area (Å²) in [6, 6.07) is 6.91. The number of phenols is 1. The largest absolute Gasteiger partial charge is 0.506 e. The lowest BCUT2D eigenvalue weighted by Crippen LogP contribution is -2.16. The van der Waals surface area contributed by atoms with E-state index in [2.05, 4.69) is 15.2 Å². The number of aromatic nitrogens is 1. The average Bonchev–Trinajstić information content (AvgIpc) is 2.53. The van der Waals surface area contributed by atoms with Gasteiger partial charge >= 0.3 is 0 Å². The summed E-state index contributed by atoms with van der Waals surface area (Å²) in [7, 11) is 9.29. The molecule has 1 aromatic heterocycles. The number of benzene rings is 1. The van der Waals surface area contributed by atoms with Crippen LogP contribution in [0, 0.1) is 0 Å². The number of ether oxygens (including phenoxy) is 1. The van der Waals surface area contributed by atoms with Crippen molar-refractivity contribution in [1.29, 1.82) is 0 Å². The van der Waals surface area contributed by atoms with Gasteiger partial charge in [-0.15, -0.1) is 10.2 Å². The number of methoxy groups -OCH3 is 1. The van der Waals surface area contributed by atoms with E-state index >= 15 is 0 Å². The van der Waals surface area contributed by atoms with Crippen LogP contribution in [0.3, 0.4) is 0 Å². The third kappa shape index (κ3) is 3.88. The Kier molecular flexibility index (Phi) is 5.00. The molecule has 0 saturated carbocycles. The van der Waals surface area contributed by atoms with Gasteiger partial charge in [0.15, 0.2) is 5.82 Å². The summed E-state index contributed by atoms with van der Waals surface area (Å²) in [5.74, 6) is 1.15. The quantitative estimate of drug-likeness (QED) is 0.857. The number of rotatable bonds is 5. The number of hydrogen-bond donors (Lipinski definition) is 1. The fourth-order valence-corrected chi connectivity index (χ4v) is 2.01. The van der Waals surface area contributed by atoms with Crippen molar-refractivity contribution in [2.24, 2.45) is 10.2 Å². The molecule has 1 N–H and O–H groups in total. The molecule has 0 aliphatic heterocycles. The molecule has 23 heavy (non-hydrogen) atoms. The molecule has 0 saturated heterocycles. The van der Waals surface area contributed by atoms with E-state index < -0.39 is 0 Å². The normalized spacial score (nSPS) is 10.8. The molecule has 2 rings (SSSR count). The second kappa shape index (κ2) is 6.95. The van der Waals surface area contributed by atoms with Gasteiger partial charge in [0.05, 0.1) is 24.7 Å². The topological polar surface area (TPSA) is 73.6 Å². The van der Waals surface area contributed by atoms with E-state index in [9.17, 15) is 5.11 Å². The highest BCUT2D eigenvalue weighted by molar-refractivity contribution is 5.78. The van der Waals surface area contributed by atoms with Crippen LogP contribution in [-0.2, 0) is 0 Å². The Bertz CT molecular complexity index is 696. The maximum Gasteiger partial charge on any atom is 0.174 e. The zero-order chi connectivity index (χ0) is 17.0. The van der Waals surface area contributed by atoms with Crippen LogP contribution in [0.1, 0.15) is 0 Å². The fourth-order valence-electron chi connectivity index (χ4n) is 2.01. The molecule has 7 heteroatoms. The minimum Gasteiger partial charge on any atom is -0.506 e. The highest BCUT2D eigenvalue weighted by Crippen LogP contribution is 2.39. The Morgan fingerprint density at radius 1 is 1.00 bits per heavy atom. The van der Waals surface area contributed by atoms with Gasteiger partial charge in [0.2, 0.25) is 0 Å². The fraction of sp³-hybridized carbons (Fsp3) is 0.312. The van der Waals surface area contributed by atoms with Gasteiger partial charge in [-0.1, -0.05) is 0 Å². The molecule has 0 fully saturated rings. The van der Waals surface area contributed by atoms with Crippen LogP contribution < -0.4 is 14.5 Å². The van der Waals surface area contributed by atoms with Crippen LogP contribution in [0.2, 0.25) is 0 Å². The van der Waals surface area contributed by atoms with E-state index in [1.54, 1.807) is 37.6 Å². The summed E-state index contributed by atoms with van der Waals surface area (Å²) >= 11 is 0. The zero-order valence-corrected chi connectivity index (χ0v) is 14.0. The lowest BCUT2D eigenvalue weighted by atomic mass is 10.2. The molecule has 0 unspecified atom stereocenters. The maximum absolute atomic E-state index is 10.2. The number of phenolic OH excluding ortho intramolecular Hbond substituents is 1. The first kappa shape index (κ1) is 16.5. The Morgan fingerprint density at radius 2 is 1.65 bits per heavy atom. The molecule has 1 aromatic carbocycles. The number of anilines is 2. The minimum atomic E-state index is 0.0663. The number of aromatic hydroxyl groups is 1. The monoisotopic (exact) mass is 315 g/mol. The first-order chi connectivity index (χ1) is 10.9. The van der Waals surface area contributed by atoms with Crippen LogP contribution in [0.4, 0.5) is 22.9 Å². The van der Waals surface area contributed by atoms with Gasteiger partial charge in [-0.2, -0.15) is 0 Å². The molecule has 0 aliphatic carbocycles. The summed E-state index contributed by atoms with van der Waals surface area (Å²) in [4.78, 5) is 8.00. The molecule has 0 spiro atoms. The first-order valence-corrected chi connectivity index (χ1v) is 7.06. The van der Waals surface area contributed by atoms with E-state index in [4.69, 9.17) is 4.74 Å². The smallest absolute Gasteiger partial charge is 0.174 e. The van der Waals surface area contributed by atoms with Crippen molar-refractivity contribution in [3.05, 3.63) is 30.5 Å². The molecule has 2 aromatic rings. The summed E-state index contributed by atoms with van der Waals surface area (Å²) in [5.41, 5.74) is 2.22. The highest BCUT2D eigenvalue weighted by atomic mass is 16.5. The highest BCUT2D eigenvalue weighted by Gasteiger charge is 2.12. The number of pyridine rings is 1. The Balaban J connectivity index is 2.35. The summed E-state index contributed by atoms with van der Waals surface area (Å²) in [6.07, 6.45) is 1.56. The average molecular weight is 315 g/mol. The molecule has 0 amide bonds. The van der Waals surface area contributed by atoms with Crippen molar-refractivity contribution >= 4 is 22.9 Å². The van der Waals surface area contributed by atoms with Gasteiger partial charge in [-0.05, 0) is 18.2 Å². The zero-order valence-electron chi connectivity index (χ0n) is 14.0. The van der Waals surface area contributed by atoms with Crippen LogP contribution in [0.15, 0.2) is 40.7 Å². The van der Waals surface area contributed by atoms with E-state index in [-0.39, 0.29) is 5.75 Å². The van der Waals surface area contributed by atoms with Crippen LogP contribution in [0.25, 0.3) is 0 Å². The van der Waals surface area contributed by atoms with Gasteiger partial charge in [-0.25, -0.2) is 4.98 Å². The van der Waals surface area contributed by atoms with Crippen LogP contribution >= 0.6 is 0 Å². The van der Waals surface area contributed by atoms with Crippen molar-refractivity contribution in [2.45, 2.75) is 0 Å². The van der Waals surface area contributed by atoms with Crippen molar-refractivity contribution < 1.29 is 9.84 Å². The lowest BCUT2D eigenvalue weighted by Gasteiger charge is -2.23. The molecule has 122 valence electrons. The van der Waals surface area contributed by atoms with E-state index in [0.29, 0.717) is 17.3 Å². The Morgan fingerprint density at radius 3 is 2.17 bits per heavy atom. The van der Waals surface area contributed by atoms with Crippen molar-refractivity contribution in [2.75, 3.05) is 45.1 Å². The summed E-state index contributed by atoms with van der Waals surface area (Å²) in [5, 5.41) is 18.3. The second-order valence-corrected chi connectivity index (χ2v) is 5.37. The SMILES string of the molecule is COc1ccc(N=Nc2cc(N(C)C)c(N(C)C)cc2O)nc1. The van der Waals surface area contributed by atoms with Crippen LogP contribution in [-0.4, -0.2) is 45.4 Å². The number of hydrogen-bond acceptors (Lipinski definition) is 7. The Hall–Kier alpha value is -2.83. The molecule has 0 aliphatic rings. The first-order valence-electron chi connectivity index (χ1n) is 7.06. The summed E-state index contributed by atoms with van der Waals surface area (Å²) < 4.78 is 5.04. The van der Waals surface area contributed by atoms with Crippen LogP contribution in [0.5, 0.6) is 11.5 Å². The second-order valence-electron chi connectivity index (χ2n) is 5.37. The van der Waals surface area contributed by atoms with E-state index in [1.165, 1.54) is 0 Å². The molecular formula is C16H21N5O2. The van der Waals surface area contributed by atoms with Crippen molar-refractivity contribution in [3.63, 3.8) is 0 Å². The molecule has 1 heterocycles. The van der Waals surface area contributed by atoms with Crippen molar-refractivity contribution in [1.82, 2.24) is 4.98 Å². The third-order valence-corrected chi connectivity index (χ3v) is 3.25. The third-order valence-electron chi connectivity index (χ3n) is 3.25. The van der Waals surface area contributed by atoms with Gasteiger partial charge in [-0.3, -0.25) is 0 Å².